The summed E-state index contributed by atoms with van der Waals surface area (Å²) in [7, 11) is 0. The van der Waals surface area contributed by atoms with E-state index in [1.54, 1.807) is 23.1 Å². The second kappa shape index (κ2) is 6.56. The van der Waals surface area contributed by atoms with Crippen LogP contribution in [0.25, 0.3) is 5.52 Å². The molecule has 0 atom stereocenters. The van der Waals surface area contributed by atoms with Gasteiger partial charge in [0.15, 0.2) is 0 Å². The summed E-state index contributed by atoms with van der Waals surface area (Å²) in [6.07, 6.45) is -1.06. The van der Waals surface area contributed by atoms with Crippen molar-refractivity contribution in [3.63, 3.8) is 0 Å². The minimum atomic E-state index is -4.44. The molecule has 1 aliphatic heterocycles. The Morgan fingerprint density at radius 3 is 2.63 bits per heavy atom. The summed E-state index contributed by atoms with van der Waals surface area (Å²) in [4.78, 5) is 20.7. The van der Waals surface area contributed by atoms with Crippen molar-refractivity contribution in [1.82, 2.24) is 24.5 Å². The molecule has 0 saturated carbocycles. The third-order valence-electron chi connectivity index (χ3n) is 4.80. The second-order valence-corrected chi connectivity index (χ2v) is 6.84. The lowest BCUT2D eigenvalue weighted by Gasteiger charge is -2.31. The maximum Gasteiger partial charge on any atom is 0.432 e. The molecule has 4 rings (SSSR count). The maximum atomic E-state index is 12.8. The highest BCUT2D eigenvalue weighted by Crippen LogP contribution is 2.32. The number of carbonyl (C=O) groups excluding carboxylic acids is 1. The van der Waals surface area contributed by atoms with Crippen molar-refractivity contribution in [3.05, 3.63) is 52.8 Å². The van der Waals surface area contributed by atoms with E-state index in [0.29, 0.717) is 48.0 Å². The summed E-state index contributed by atoms with van der Waals surface area (Å²) < 4.78 is 39.6. The number of imidazole rings is 1. The number of aromatic amines is 1. The van der Waals surface area contributed by atoms with Gasteiger partial charge in [-0.3, -0.25) is 4.79 Å². The molecule has 0 bridgehead atoms. The van der Waals surface area contributed by atoms with E-state index in [1.165, 1.54) is 10.7 Å². The number of hydrogen-bond donors (Lipinski definition) is 1. The number of fused-ring (bicyclic) bond motifs is 1. The standard InChI is InChI=1S/C17H15ClF3N5O/c18-14-3-1-2-12-11(8-23-26(12)14)16(27)25-6-4-10(5-7-25)15-22-9-13(24-15)17(19,20)21/h1-3,8-10H,4-7H2,(H,22,24). The van der Waals surface area contributed by atoms with Crippen LogP contribution < -0.4 is 0 Å². The van der Waals surface area contributed by atoms with Crippen LogP contribution in [0, 0.1) is 0 Å². The number of rotatable bonds is 2. The number of halogens is 4. The highest BCUT2D eigenvalue weighted by Gasteiger charge is 2.34. The van der Waals surface area contributed by atoms with E-state index in [0.717, 1.165) is 6.20 Å². The Morgan fingerprint density at radius 1 is 1.22 bits per heavy atom. The van der Waals surface area contributed by atoms with Gasteiger partial charge in [-0.05, 0) is 25.0 Å². The summed E-state index contributed by atoms with van der Waals surface area (Å²) in [5.74, 6) is 0.0156. The Balaban J connectivity index is 1.46. The van der Waals surface area contributed by atoms with Crippen LogP contribution in [0.15, 0.2) is 30.6 Å². The molecule has 1 aliphatic rings. The van der Waals surface area contributed by atoms with Gasteiger partial charge >= 0.3 is 6.18 Å². The Hall–Kier alpha value is -2.55. The molecule has 1 amide bonds. The van der Waals surface area contributed by atoms with Crippen molar-refractivity contribution >= 4 is 23.0 Å². The van der Waals surface area contributed by atoms with Crippen molar-refractivity contribution in [1.29, 1.82) is 0 Å². The van der Waals surface area contributed by atoms with Crippen molar-refractivity contribution in [3.8, 4) is 0 Å². The molecule has 6 nitrogen and oxygen atoms in total. The third-order valence-corrected chi connectivity index (χ3v) is 5.08. The molecule has 3 aromatic heterocycles. The Morgan fingerprint density at radius 2 is 1.96 bits per heavy atom. The van der Waals surface area contributed by atoms with Gasteiger partial charge in [0.05, 0.1) is 23.5 Å². The zero-order valence-corrected chi connectivity index (χ0v) is 14.8. The first-order valence-corrected chi connectivity index (χ1v) is 8.76. The lowest BCUT2D eigenvalue weighted by atomic mass is 9.95. The average molecular weight is 398 g/mol. The topological polar surface area (TPSA) is 66.3 Å². The fourth-order valence-corrected chi connectivity index (χ4v) is 3.56. The van der Waals surface area contributed by atoms with E-state index < -0.39 is 11.9 Å². The molecule has 1 fully saturated rings. The highest BCUT2D eigenvalue weighted by atomic mass is 35.5. The minimum Gasteiger partial charge on any atom is -0.338 e. The van der Waals surface area contributed by atoms with Gasteiger partial charge in [-0.25, -0.2) is 9.50 Å². The van der Waals surface area contributed by atoms with E-state index in [2.05, 4.69) is 15.1 Å². The molecule has 142 valence electrons. The number of H-pyrrole nitrogens is 1. The zero-order valence-electron chi connectivity index (χ0n) is 14.0. The first kappa shape index (κ1) is 17.8. The summed E-state index contributed by atoms with van der Waals surface area (Å²) in [5.41, 5.74) is 0.225. The third kappa shape index (κ3) is 3.27. The van der Waals surface area contributed by atoms with E-state index in [4.69, 9.17) is 11.6 Å². The van der Waals surface area contributed by atoms with Crippen LogP contribution in [0.2, 0.25) is 5.15 Å². The quantitative estimate of drug-likeness (QED) is 0.670. The fraction of sp³-hybridized carbons (Fsp3) is 0.353. The van der Waals surface area contributed by atoms with Crippen molar-refractivity contribution in [2.75, 3.05) is 13.1 Å². The normalized spacial score (nSPS) is 16.2. The molecule has 0 aromatic carbocycles. The molecule has 27 heavy (non-hydrogen) atoms. The van der Waals surface area contributed by atoms with E-state index in [9.17, 15) is 18.0 Å². The summed E-state index contributed by atoms with van der Waals surface area (Å²) in [6, 6.07) is 5.19. The van der Waals surface area contributed by atoms with Gasteiger partial charge in [0, 0.05) is 19.0 Å². The molecule has 3 aromatic rings. The molecule has 0 aliphatic carbocycles. The molecule has 4 heterocycles. The van der Waals surface area contributed by atoms with Crippen LogP contribution in [-0.4, -0.2) is 43.5 Å². The number of nitrogens with one attached hydrogen (secondary N) is 1. The smallest absolute Gasteiger partial charge is 0.338 e. The largest absolute Gasteiger partial charge is 0.432 e. The molecule has 0 radical (unpaired) electrons. The highest BCUT2D eigenvalue weighted by molar-refractivity contribution is 6.29. The Kier molecular flexibility index (Phi) is 4.33. The zero-order chi connectivity index (χ0) is 19.2. The summed E-state index contributed by atoms with van der Waals surface area (Å²) >= 11 is 6.07. The van der Waals surface area contributed by atoms with Crippen LogP contribution >= 0.6 is 11.6 Å². The number of carbonyl (C=O) groups is 1. The van der Waals surface area contributed by atoms with Crippen molar-refractivity contribution < 1.29 is 18.0 Å². The monoisotopic (exact) mass is 397 g/mol. The van der Waals surface area contributed by atoms with Gasteiger partial charge in [-0.15, -0.1) is 0 Å². The van der Waals surface area contributed by atoms with Gasteiger partial charge in [-0.1, -0.05) is 17.7 Å². The number of amides is 1. The number of pyridine rings is 1. The number of piperidine rings is 1. The predicted molar refractivity (Wildman–Crippen MR) is 91.7 cm³/mol. The lowest BCUT2D eigenvalue weighted by Crippen LogP contribution is -2.38. The van der Waals surface area contributed by atoms with Crippen LogP contribution in [0.3, 0.4) is 0 Å². The summed E-state index contributed by atoms with van der Waals surface area (Å²) in [5, 5.41) is 4.54. The van der Waals surface area contributed by atoms with Gasteiger partial charge in [0.25, 0.3) is 5.91 Å². The molecule has 0 unspecified atom stereocenters. The number of alkyl halides is 3. The predicted octanol–water partition coefficient (Wildman–Crippen LogP) is 3.75. The molecular weight excluding hydrogens is 383 g/mol. The molecule has 1 N–H and O–H groups in total. The van der Waals surface area contributed by atoms with Crippen LogP contribution in [-0.2, 0) is 6.18 Å². The molecule has 10 heteroatoms. The second-order valence-electron chi connectivity index (χ2n) is 6.45. The fourth-order valence-electron chi connectivity index (χ4n) is 3.36. The van der Waals surface area contributed by atoms with Crippen molar-refractivity contribution in [2.24, 2.45) is 0 Å². The minimum absolute atomic E-state index is 0.136. The van der Waals surface area contributed by atoms with Gasteiger partial charge < -0.3 is 9.88 Å². The number of nitrogens with zero attached hydrogens (tertiary/aromatic N) is 4. The molecule has 1 saturated heterocycles. The van der Waals surface area contributed by atoms with Gasteiger partial charge in [-0.2, -0.15) is 18.3 Å². The maximum absolute atomic E-state index is 12.8. The SMILES string of the molecule is O=C(c1cnn2c(Cl)cccc12)N1CCC(c2ncc(C(F)(F)F)[nH]2)CC1. The van der Waals surface area contributed by atoms with Gasteiger partial charge in [0.1, 0.15) is 16.7 Å². The number of likely N-dealkylation sites (tertiary alicyclic amines) is 1. The first-order chi connectivity index (χ1) is 12.8. The Bertz CT molecular complexity index is 988. The van der Waals surface area contributed by atoms with Crippen LogP contribution in [0.1, 0.15) is 40.6 Å². The number of hydrogen-bond acceptors (Lipinski definition) is 3. The van der Waals surface area contributed by atoms with Crippen molar-refractivity contribution in [2.45, 2.75) is 24.9 Å². The van der Waals surface area contributed by atoms with E-state index >= 15 is 0 Å². The van der Waals surface area contributed by atoms with E-state index in [1.807, 2.05) is 0 Å². The summed E-state index contributed by atoms with van der Waals surface area (Å²) in [6.45, 7) is 0.868. The average Bonchev–Trinajstić information content (AvgIpc) is 3.29. The van der Waals surface area contributed by atoms with Gasteiger partial charge in [0.2, 0.25) is 0 Å². The van der Waals surface area contributed by atoms with Crippen LogP contribution in [0.4, 0.5) is 13.2 Å². The lowest BCUT2D eigenvalue weighted by molar-refractivity contribution is -0.141. The molecular formula is C17H15ClF3N5O. The molecule has 0 spiro atoms. The first-order valence-electron chi connectivity index (χ1n) is 8.38. The van der Waals surface area contributed by atoms with E-state index in [-0.39, 0.29) is 11.8 Å². The number of aromatic nitrogens is 4. The Labute approximate surface area is 156 Å². The van der Waals surface area contributed by atoms with Crippen LogP contribution in [0.5, 0.6) is 0 Å².